The van der Waals surface area contributed by atoms with Crippen molar-refractivity contribution in [1.82, 2.24) is 24.8 Å². The number of carbonyl (C=O) groups excluding carboxylic acids is 3. The molecule has 1 aromatic heterocycles. The predicted octanol–water partition coefficient (Wildman–Crippen LogP) is 1.52. The van der Waals surface area contributed by atoms with Crippen LogP contribution in [0.2, 0.25) is 0 Å². The number of nitrogens with zero attached hydrogens (tertiary/aromatic N) is 5. The predicted molar refractivity (Wildman–Crippen MR) is 141 cm³/mol. The zero-order valence-corrected chi connectivity index (χ0v) is 23.9. The minimum absolute atomic E-state index is 0.139. The van der Waals surface area contributed by atoms with Crippen LogP contribution in [0.5, 0.6) is 0 Å². The molecule has 2 aliphatic heterocycles. The van der Waals surface area contributed by atoms with Gasteiger partial charge in [0, 0.05) is 19.5 Å². The summed E-state index contributed by atoms with van der Waals surface area (Å²) in [6, 6.07) is 0. The van der Waals surface area contributed by atoms with Crippen molar-refractivity contribution >= 4 is 17.7 Å². The third-order valence-corrected chi connectivity index (χ3v) is 7.01. The van der Waals surface area contributed by atoms with Crippen molar-refractivity contribution in [3.8, 4) is 0 Å². The maximum atomic E-state index is 12.6. The third kappa shape index (κ3) is 10.3. The Kier molecular flexibility index (Phi) is 12.3. The fraction of sp³-hybridized carbons (Fsp3) is 0.815. The number of aromatic nitrogens is 3. The molecule has 220 valence electrons. The zero-order valence-electron chi connectivity index (χ0n) is 23.9. The first kappa shape index (κ1) is 31.1. The highest BCUT2D eigenvalue weighted by Crippen LogP contribution is 2.35. The van der Waals surface area contributed by atoms with Crippen LogP contribution in [0, 0.1) is 17.3 Å². The van der Waals surface area contributed by atoms with E-state index >= 15 is 0 Å². The summed E-state index contributed by atoms with van der Waals surface area (Å²) in [7, 11) is 0. The van der Waals surface area contributed by atoms with E-state index in [1.165, 1.54) is 4.90 Å². The molecule has 2 fully saturated rings. The Morgan fingerprint density at radius 2 is 1.59 bits per heavy atom. The summed E-state index contributed by atoms with van der Waals surface area (Å²) in [5.74, 6) is 0.172. The van der Waals surface area contributed by atoms with Crippen molar-refractivity contribution in [2.45, 2.75) is 60.0 Å². The largest absolute Gasteiger partial charge is 0.379 e. The van der Waals surface area contributed by atoms with Gasteiger partial charge in [-0.2, -0.15) is 0 Å². The van der Waals surface area contributed by atoms with E-state index in [0.29, 0.717) is 77.4 Å². The van der Waals surface area contributed by atoms with E-state index in [0.717, 1.165) is 19.5 Å². The van der Waals surface area contributed by atoms with Crippen LogP contribution in [0.4, 0.5) is 0 Å². The van der Waals surface area contributed by atoms with Crippen molar-refractivity contribution in [3.63, 3.8) is 0 Å². The number of amides is 3. The first-order valence-corrected chi connectivity index (χ1v) is 14.0. The molecule has 1 unspecified atom stereocenters. The summed E-state index contributed by atoms with van der Waals surface area (Å²) in [6.07, 6.45) is 3.49. The molecule has 2 saturated heterocycles. The van der Waals surface area contributed by atoms with Crippen LogP contribution < -0.4 is 0 Å². The number of likely N-dealkylation sites (tertiary alicyclic amines) is 2. The van der Waals surface area contributed by atoms with Crippen LogP contribution in [0.25, 0.3) is 0 Å². The van der Waals surface area contributed by atoms with E-state index in [4.69, 9.17) is 18.9 Å². The minimum Gasteiger partial charge on any atom is -0.379 e. The summed E-state index contributed by atoms with van der Waals surface area (Å²) >= 11 is 0. The number of imide groups is 1. The van der Waals surface area contributed by atoms with Gasteiger partial charge in [-0.3, -0.25) is 19.3 Å². The van der Waals surface area contributed by atoms with Crippen LogP contribution >= 0.6 is 0 Å². The Hall–Kier alpha value is -2.41. The number of ether oxygens (including phenoxy) is 4. The summed E-state index contributed by atoms with van der Waals surface area (Å²) in [6.45, 7) is 14.1. The summed E-state index contributed by atoms with van der Waals surface area (Å²) in [4.78, 5) is 40.2. The smallest absolute Gasteiger partial charge is 0.233 e. The van der Waals surface area contributed by atoms with Gasteiger partial charge in [0.2, 0.25) is 17.7 Å². The molecule has 1 aromatic rings. The average molecular weight is 552 g/mol. The highest BCUT2D eigenvalue weighted by molar-refractivity contribution is 6.03. The monoisotopic (exact) mass is 551 g/mol. The Bertz CT molecular complexity index is 932. The first-order chi connectivity index (χ1) is 18.6. The van der Waals surface area contributed by atoms with Gasteiger partial charge in [-0.15, -0.1) is 5.10 Å². The maximum Gasteiger partial charge on any atom is 0.233 e. The van der Waals surface area contributed by atoms with Gasteiger partial charge < -0.3 is 23.8 Å². The van der Waals surface area contributed by atoms with E-state index in [1.54, 1.807) is 10.9 Å². The molecule has 3 rings (SSSR count). The van der Waals surface area contributed by atoms with Crippen molar-refractivity contribution in [2.75, 3.05) is 65.9 Å². The zero-order chi connectivity index (χ0) is 28.3. The van der Waals surface area contributed by atoms with E-state index in [1.807, 2.05) is 25.7 Å². The second-order valence-electron chi connectivity index (χ2n) is 11.3. The molecule has 2 atom stereocenters. The molecular weight excluding hydrogens is 506 g/mol. The van der Waals surface area contributed by atoms with Crippen molar-refractivity contribution in [3.05, 3.63) is 11.9 Å². The lowest BCUT2D eigenvalue weighted by atomic mass is 9.80. The molecule has 3 heterocycles. The summed E-state index contributed by atoms with van der Waals surface area (Å²) in [5.41, 5.74) is 0.322. The molecule has 0 bridgehead atoms. The highest BCUT2D eigenvalue weighted by Gasteiger charge is 2.44. The quantitative estimate of drug-likeness (QED) is 0.209. The van der Waals surface area contributed by atoms with Gasteiger partial charge in [-0.1, -0.05) is 32.9 Å². The van der Waals surface area contributed by atoms with Crippen LogP contribution in [-0.2, 0) is 46.4 Å². The Balaban J connectivity index is 1.13. The van der Waals surface area contributed by atoms with E-state index < -0.39 is 0 Å². The molecule has 3 amide bonds. The Morgan fingerprint density at radius 1 is 0.974 bits per heavy atom. The van der Waals surface area contributed by atoms with Crippen molar-refractivity contribution in [2.24, 2.45) is 17.3 Å². The number of rotatable bonds is 17. The maximum absolute atomic E-state index is 12.6. The van der Waals surface area contributed by atoms with Crippen molar-refractivity contribution in [1.29, 1.82) is 0 Å². The van der Waals surface area contributed by atoms with Gasteiger partial charge in [0.05, 0.1) is 84.5 Å². The van der Waals surface area contributed by atoms with Gasteiger partial charge in [0.15, 0.2) is 0 Å². The molecule has 0 aliphatic carbocycles. The van der Waals surface area contributed by atoms with Crippen molar-refractivity contribution < 1.29 is 33.3 Å². The van der Waals surface area contributed by atoms with Gasteiger partial charge in [-0.05, 0) is 17.8 Å². The first-order valence-electron chi connectivity index (χ1n) is 14.0. The average Bonchev–Trinajstić information content (AvgIpc) is 3.59. The Labute approximate surface area is 231 Å². The molecule has 39 heavy (non-hydrogen) atoms. The molecule has 0 saturated carbocycles. The number of hydrogen-bond acceptors (Lipinski definition) is 9. The van der Waals surface area contributed by atoms with Crippen LogP contribution in [0.1, 0.15) is 52.7 Å². The number of hydrogen-bond donors (Lipinski definition) is 0. The summed E-state index contributed by atoms with van der Waals surface area (Å²) < 4.78 is 23.7. The van der Waals surface area contributed by atoms with Gasteiger partial charge in [-0.25, -0.2) is 4.68 Å². The fourth-order valence-corrected chi connectivity index (χ4v) is 4.61. The van der Waals surface area contributed by atoms with Gasteiger partial charge in [0.25, 0.3) is 0 Å². The number of carbonyl (C=O) groups is 3. The van der Waals surface area contributed by atoms with Crippen LogP contribution in [0.15, 0.2) is 6.20 Å². The minimum atomic E-state index is -0.298. The second kappa shape index (κ2) is 15.4. The van der Waals surface area contributed by atoms with Gasteiger partial charge >= 0.3 is 0 Å². The SMILES string of the molecule is C[C@H]1CCN(C(=O)CCOCCOCCOCCOCCn2cc(CN3C(=O)CC(C(C)(C)C)C3=O)nn2)C1. The van der Waals surface area contributed by atoms with Crippen LogP contribution in [0.3, 0.4) is 0 Å². The lowest BCUT2D eigenvalue weighted by molar-refractivity contribution is -0.141. The topological polar surface area (TPSA) is 125 Å². The second-order valence-corrected chi connectivity index (χ2v) is 11.3. The van der Waals surface area contributed by atoms with E-state index in [9.17, 15) is 14.4 Å². The van der Waals surface area contributed by atoms with E-state index in [-0.39, 0.29) is 42.0 Å². The summed E-state index contributed by atoms with van der Waals surface area (Å²) in [5, 5.41) is 8.15. The third-order valence-electron chi connectivity index (χ3n) is 7.01. The molecule has 0 N–H and O–H groups in total. The lowest BCUT2D eigenvalue weighted by Crippen LogP contribution is -2.33. The molecule has 0 aromatic carbocycles. The molecule has 0 radical (unpaired) electrons. The molecule has 12 nitrogen and oxygen atoms in total. The Morgan fingerprint density at radius 3 is 2.15 bits per heavy atom. The standard InChI is InChI=1S/C27H45N5O7/c1-21-5-7-30(18-21)24(33)6-9-36-11-13-38-15-16-39-14-12-37-10-8-31-19-22(28-29-31)20-32-25(34)17-23(26(32)35)27(2,3)4/h19,21,23H,5-18,20H2,1-4H3/t21-,23?/m0/s1. The normalized spacial score (nSPS) is 20.0. The molecule has 2 aliphatic rings. The molecular formula is C27H45N5O7. The highest BCUT2D eigenvalue weighted by atomic mass is 16.6. The van der Waals surface area contributed by atoms with Crippen LogP contribution in [-0.4, -0.2) is 108 Å². The fourth-order valence-electron chi connectivity index (χ4n) is 4.61. The molecule has 12 heteroatoms. The van der Waals surface area contributed by atoms with Gasteiger partial charge in [0.1, 0.15) is 5.69 Å². The lowest BCUT2D eigenvalue weighted by Gasteiger charge is -2.24. The molecule has 0 spiro atoms. The van der Waals surface area contributed by atoms with E-state index in [2.05, 4.69) is 17.2 Å².